The fourth-order valence-electron chi connectivity index (χ4n) is 12.8. The molecule has 16 rings (SSSR count). The first-order chi connectivity index (χ1) is 60.9. The van der Waals surface area contributed by atoms with Crippen LogP contribution in [0, 0.1) is 24.7 Å². The van der Waals surface area contributed by atoms with Crippen LogP contribution in [0.15, 0.2) is 135 Å². The molecule has 3 saturated carbocycles. The molecule has 3 aliphatic rings. The lowest BCUT2D eigenvalue weighted by Crippen LogP contribution is -2.15. The van der Waals surface area contributed by atoms with Crippen LogP contribution in [-0.2, 0) is 49.6 Å². The SMILES string of the molecule is CCC(=O)c1cnc(NC(=O)C2CC2)cc1Nc1cccc(-c2ncn(C)n2)c1OC.CCC(=O)c1cnc(NC(=O)C2CC2)cc1Nc1nccc(-c2ncn(C)n2)c1OC.CCC(=O)c1cnc(NC(=O)C2CC2)cc1Nc1nccc(-c2ncn(C)n2)c1OC.CCC(=O)c1cnc(Nc2cc(C)n(C)n2)cc1Nc1nccc(-c2ncn(C)n2)c1OC. The van der Waals surface area contributed by atoms with Crippen LogP contribution in [0.5, 0.6) is 23.0 Å². The van der Waals surface area contributed by atoms with Gasteiger partial charge < -0.3 is 61.5 Å². The number of nitrogens with zero attached hydrogens (tertiary/aromatic N) is 21. The maximum atomic E-state index is 12.6. The molecule has 3 amide bonds. The Morgan fingerprint density at radius 2 is 0.643 bits per heavy atom. The standard InChI is InChI=1S/C22H25N9O2.C22H24N6O3.2C21H23N7O3/c1-6-17(32)15-11-24-18(27-19-9-13(2)31(4)28-19)10-16(15)26-22-20(33-5)14(7-8-23-22)21-25-12-30(3)29-21;1-4-18(29)15-11-23-19(26-22(30)13-8-9-13)10-17(15)25-16-7-5-6-14(20(16)31-3)21-24-12-28(2)27-21;2*1-4-16(29)14-10-23-17(26-21(30)12-5-6-12)9-15(14)25-20-18(31-3)13(7-8-22-20)19-24-11-28(2)27-19/h7-12H,6H2,1-5H3,(H2,23,24,26,27,28);5-7,10-13H,4,8-9H2,1-3H3,(H2,23,25,26,30);2*7-12H,4-6H2,1-3H3,(H2,22,23,25,26,30). The molecule has 12 heterocycles. The van der Waals surface area contributed by atoms with Crippen LogP contribution in [0.2, 0.25) is 0 Å². The number of nitrogens with one attached hydrogen (secondary N) is 8. The largest absolute Gasteiger partial charge is 0.494 e. The zero-order valence-corrected chi connectivity index (χ0v) is 71.9. The number of rotatable bonds is 32. The van der Waals surface area contributed by atoms with E-state index in [1.807, 2.05) is 38.2 Å². The molecule has 0 unspecified atom stereocenters. The minimum Gasteiger partial charge on any atom is -0.494 e. The summed E-state index contributed by atoms with van der Waals surface area (Å²) in [5.41, 5.74) is 8.07. The van der Waals surface area contributed by atoms with Gasteiger partial charge in [-0.25, -0.2) is 54.8 Å². The second-order valence-electron chi connectivity index (χ2n) is 29.4. The molecule has 0 aliphatic heterocycles. The van der Waals surface area contributed by atoms with Crippen LogP contribution in [-0.4, -0.2) is 173 Å². The molecule has 12 aromatic heterocycles. The van der Waals surface area contributed by atoms with Gasteiger partial charge in [0.2, 0.25) is 17.7 Å². The molecule has 3 fully saturated rings. The van der Waals surface area contributed by atoms with Gasteiger partial charge in [0.25, 0.3) is 0 Å². The first-order valence-electron chi connectivity index (χ1n) is 40.5. The van der Waals surface area contributed by atoms with Crippen LogP contribution >= 0.6 is 0 Å². The first kappa shape index (κ1) is 88.1. The van der Waals surface area contributed by atoms with Gasteiger partial charge in [0, 0.05) is 158 Å². The maximum Gasteiger partial charge on any atom is 0.228 e. The molecular formula is C86H95N29O11. The van der Waals surface area contributed by atoms with Crippen molar-refractivity contribution in [1.29, 1.82) is 0 Å². The van der Waals surface area contributed by atoms with E-state index in [0.29, 0.717) is 191 Å². The predicted molar refractivity (Wildman–Crippen MR) is 469 cm³/mol. The number of ketones is 4. The summed E-state index contributed by atoms with van der Waals surface area (Å²) in [6.45, 7) is 9.12. The summed E-state index contributed by atoms with van der Waals surface area (Å²) in [6, 6.07) is 19.5. The molecule has 40 heteroatoms. The average Bonchev–Trinajstić information content (AvgIpc) is 1.75. The van der Waals surface area contributed by atoms with E-state index in [2.05, 4.69) is 123 Å². The zero-order chi connectivity index (χ0) is 89.4. The predicted octanol–water partition coefficient (Wildman–Crippen LogP) is 12.9. The second kappa shape index (κ2) is 39.9. The van der Waals surface area contributed by atoms with Crippen molar-refractivity contribution in [3.63, 3.8) is 0 Å². The molecule has 3 aliphatic carbocycles. The fourth-order valence-corrected chi connectivity index (χ4v) is 12.8. The highest BCUT2D eigenvalue weighted by Gasteiger charge is 2.33. The minimum atomic E-state index is -0.0865. The number of carbonyl (C=O) groups is 7. The molecule has 1 aromatic carbocycles. The molecule has 0 radical (unpaired) electrons. The lowest BCUT2D eigenvalue weighted by molar-refractivity contribution is -0.118. The van der Waals surface area contributed by atoms with Gasteiger partial charge in [0.1, 0.15) is 48.6 Å². The molecule has 13 aromatic rings. The Bertz CT molecular complexity index is 5750. The van der Waals surface area contributed by atoms with Gasteiger partial charge in [-0.15, -0.1) is 0 Å². The molecular weight excluding hydrogens is 1620 g/mol. The quantitative estimate of drug-likeness (QED) is 0.0182. The second-order valence-corrected chi connectivity index (χ2v) is 29.4. The van der Waals surface area contributed by atoms with Crippen molar-refractivity contribution >= 4 is 116 Å². The summed E-state index contributed by atoms with van der Waals surface area (Å²) < 4.78 is 30.7. The summed E-state index contributed by atoms with van der Waals surface area (Å²) >= 11 is 0. The average molecular weight is 1710 g/mol. The Kier molecular flexibility index (Phi) is 27.9. The number of hydrogen-bond donors (Lipinski definition) is 8. The zero-order valence-electron chi connectivity index (χ0n) is 71.9. The fraction of sp³-hybridized carbons (Fsp3) is 0.314. The van der Waals surface area contributed by atoms with E-state index in [1.54, 1.807) is 186 Å². The first-order valence-corrected chi connectivity index (χ1v) is 40.5. The lowest BCUT2D eigenvalue weighted by atomic mass is 10.1. The van der Waals surface area contributed by atoms with E-state index in [1.165, 1.54) is 32.8 Å². The highest BCUT2D eigenvalue weighted by molar-refractivity contribution is 6.06. The van der Waals surface area contributed by atoms with Crippen molar-refractivity contribution in [3.05, 3.63) is 163 Å². The van der Waals surface area contributed by atoms with E-state index < -0.39 is 0 Å². The third-order valence-corrected chi connectivity index (χ3v) is 20.0. The number of carbonyl (C=O) groups excluding carboxylic acids is 7. The van der Waals surface area contributed by atoms with Crippen LogP contribution in [0.4, 0.5) is 75.0 Å². The van der Waals surface area contributed by atoms with E-state index in [4.69, 9.17) is 18.9 Å². The van der Waals surface area contributed by atoms with Gasteiger partial charge in [-0.1, -0.05) is 33.8 Å². The Labute approximate surface area is 723 Å². The van der Waals surface area contributed by atoms with Gasteiger partial charge in [0.15, 0.2) is 92.7 Å². The number of hydrogen-bond acceptors (Lipinski definition) is 32. The molecule has 0 atom stereocenters. The smallest absolute Gasteiger partial charge is 0.228 e. The minimum absolute atomic E-state index is 0.0412. The number of anilines is 13. The van der Waals surface area contributed by atoms with E-state index in [9.17, 15) is 33.6 Å². The molecule has 0 bridgehead atoms. The Balaban J connectivity index is 0.000000144. The number of pyridine rings is 7. The summed E-state index contributed by atoms with van der Waals surface area (Å²) in [7, 11) is 15.2. The van der Waals surface area contributed by atoms with E-state index in [0.717, 1.165) is 44.2 Å². The monoisotopic (exact) mass is 1710 g/mol. The number of aromatic nitrogens is 21. The third kappa shape index (κ3) is 21.4. The Morgan fingerprint density at radius 1 is 0.341 bits per heavy atom. The van der Waals surface area contributed by atoms with Crippen molar-refractivity contribution in [1.82, 2.24) is 104 Å². The van der Waals surface area contributed by atoms with Gasteiger partial charge in [-0.3, -0.25) is 57.0 Å². The number of Topliss-reactive ketones (excluding diaryl/α,β-unsaturated/α-hetero) is 4. The Morgan fingerprint density at radius 3 is 0.921 bits per heavy atom. The third-order valence-electron chi connectivity index (χ3n) is 20.0. The van der Waals surface area contributed by atoms with Crippen LogP contribution in [0.3, 0.4) is 0 Å². The number of methoxy groups -OCH3 is 4. The van der Waals surface area contributed by atoms with Crippen LogP contribution < -0.4 is 61.5 Å². The molecule has 40 nitrogen and oxygen atoms in total. The van der Waals surface area contributed by atoms with E-state index >= 15 is 0 Å². The highest BCUT2D eigenvalue weighted by Crippen LogP contribution is 2.43. The maximum absolute atomic E-state index is 12.6. The van der Waals surface area contributed by atoms with Crippen molar-refractivity contribution in [2.24, 2.45) is 53.0 Å². The van der Waals surface area contributed by atoms with Crippen molar-refractivity contribution in [2.45, 2.75) is 98.8 Å². The molecule has 650 valence electrons. The van der Waals surface area contributed by atoms with E-state index in [-0.39, 0.29) is 58.6 Å². The number of ether oxygens (including phenoxy) is 4. The highest BCUT2D eigenvalue weighted by atomic mass is 16.5. The number of aryl methyl sites for hydroxylation is 6. The molecule has 0 saturated heterocycles. The summed E-state index contributed by atoms with van der Waals surface area (Å²) in [5.74, 6) is 7.10. The normalized spacial score (nSPS) is 12.4. The Hall–Kier alpha value is -15.7. The summed E-state index contributed by atoms with van der Waals surface area (Å²) in [6.07, 6.45) is 23.9. The number of amides is 3. The topological polar surface area (TPSA) is 484 Å². The van der Waals surface area contributed by atoms with Gasteiger partial charge in [0.05, 0.1) is 101 Å². The molecule has 0 spiro atoms. The van der Waals surface area contributed by atoms with Crippen molar-refractivity contribution in [3.8, 4) is 68.5 Å². The number of para-hydroxylation sites is 1. The number of benzene rings is 1. The van der Waals surface area contributed by atoms with Gasteiger partial charge in [-0.05, 0) is 75.8 Å². The van der Waals surface area contributed by atoms with Crippen molar-refractivity contribution < 1.29 is 52.5 Å². The van der Waals surface area contributed by atoms with Crippen molar-refractivity contribution in [2.75, 3.05) is 71.0 Å². The molecule has 8 N–H and O–H groups in total. The van der Waals surface area contributed by atoms with Gasteiger partial charge in [-0.2, -0.15) is 25.5 Å². The summed E-state index contributed by atoms with van der Waals surface area (Å²) in [4.78, 5) is 134. The van der Waals surface area contributed by atoms with Crippen LogP contribution in [0.25, 0.3) is 45.6 Å². The molecule has 126 heavy (non-hydrogen) atoms. The van der Waals surface area contributed by atoms with Gasteiger partial charge >= 0.3 is 0 Å². The lowest BCUT2D eigenvalue weighted by Gasteiger charge is -2.16. The summed E-state index contributed by atoms with van der Waals surface area (Å²) in [5, 5.41) is 46.2. The van der Waals surface area contributed by atoms with Crippen LogP contribution in [0.1, 0.15) is 139 Å².